The molecule has 0 atom stereocenters. The summed E-state index contributed by atoms with van der Waals surface area (Å²) in [4.78, 5) is 17.0. The first-order valence-corrected chi connectivity index (χ1v) is 1.32. The Hall–Kier alpha value is -0.130. The standard InChI is InChI=1S/C2H4O2.HNO2.Na/c1-2(3)4;2-1-3;/h1H3,(H,3,4);1H;/q;;+1/p-1. The van der Waals surface area contributed by atoms with Gasteiger partial charge in [0.1, 0.15) is 0 Å². The number of hydrogen-bond donors (Lipinski definition) is 1. The van der Waals surface area contributed by atoms with Gasteiger partial charge in [-0.15, -0.1) is 0 Å². The molecule has 0 aliphatic rings. The van der Waals surface area contributed by atoms with Crippen LogP contribution < -0.4 is 40.0 Å². The molecule has 0 bridgehead atoms. The van der Waals surface area contributed by atoms with Gasteiger partial charge in [-0.3, -0.25) is 10.1 Å². The van der Waals surface area contributed by atoms with Crippen LogP contribution in [0.15, 0.2) is 0 Å². The maximum absolute atomic E-state index is 8.89. The number of carboxylic acid groups (broad SMARTS) is 1. The number of carboxylic acids is 1. The summed E-state index contributed by atoms with van der Waals surface area (Å²) in [5.74, 6) is -1.08. The molecule has 0 aliphatic carbocycles. The van der Waals surface area contributed by atoms with Gasteiger partial charge in [0, 0.05) is 11.3 Å². The Bertz CT molecular complexity index is 61.1. The molecule has 0 heterocycles. The molecule has 1 N–H and O–H groups in total. The average molecular weight is 129 g/mol. The Morgan fingerprint density at radius 3 is 1.62 bits per heavy atom. The minimum Gasteiger partial charge on any atom is -0.550 e. The molecule has 0 unspecified atom stereocenters. The van der Waals surface area contributed by atoms with Crippen LogP contribution in [0.5, 0.6) is 0 Å². The van der Waals surface area contributed by atoms with Crippen LogP contribution in [0.2, 0.25) is 0 Å². The largest absolute Gasteiger partial charge is 1.00 e. The van der Waals surface area contributed by atoms with Crippen LogP contribution in [0.4, 0.5) is 0 Å². The van der Waals surface area contributed by atoms with Crippen LogP contribution >= 0.6 is 0 Å². The van der Waals surface area contributed by atoms with E-state index in [1.807, 2.05) is 0 Å². The fourth-order valence-electron chi connectivity index (χ4n) is 0. The molecule has 0 saturated carbocycles. The average Bonchev–Trinajstić information content (AvgIpc) is 1.33. The van der Waals surface area contributed by atoms with Gasteiger partial charge < -0.3 is 9.90 Å². The van der Waals surface area contributed by atoms with Gasteiger partial charge in [-0.05, 0) is 6.92 Å². The summed E-state index contributed by atoms with van der Waals surface area (Å²) in [6.45, 7) is 0.972. The molecule has 42 valence electrons. The van der Waals surface area contributed by atoms with Crippen LogP contribution in [0.1, 0.15) is 6.92 Å². The molecular weight excluding hydrogens is 125 g/mol. The van der Waals surface area contributed by atoms with Gasteiger partial charge in [0.05, 0.1) is 0 Å². The van der Waals surface area contributed by atoms with E-state index in [-0.39, 0.29) is 34.9 Å². The molecule has 0 saturated heterocycles. The van der Waals surface area contributed by atoms with Crippen LogP contribution in [0, 0.1) is 10.1 Å². The molecule has 0 fully saturated rings. The number of carbonyl (C=O) groups is 1. The van der Waals surface area contributed by atoms with Gasteiger partial charge in [0.2, 0.25) is 0 Å². The molecular formula is C2H4NNaO4. The van der Waals surface area contributed by atoms with E-state index in [1.54, 1.807) is 0 Å². The molecule has 0 spiro atoms. The summed E-state index contributed by atoms with van der Waals surface area (Å²) in [5, 5.41) is 17.3. The molecule has 8 heavy (non-hydrogen) atoms. The third-order valence-electron chi connectivity index (χ3n) is 0. The van der Waals surface area contributed by atoms with Gasteiger partial charge in [0.15, 0.2) is 0 Å². The van der Waals surface area contributed by atoms with E-state index in [4.69, 9.17) is 20.0 Å². The SMILES string of the molecule is CC(=O)[O-].O=[NH+][O-].[Na+]. The van der Waals surface area contributed by atoms with Crippen LogP contribution in [0.3, 0.4) is 0 Å². The molecule has 0 amide bonds. The number of rotatable bonds is 0. The Labute approximate surface area is 67.9 Å². The summed E-state index contributed by atoms with van der Waals surface area (Å²) in [7, 11) is 0. The second kappa shape index (κ2) is 15.8. The number of carbonyl (C=O) groups excluding carboxylic acids is 1. The van der Waals surface area contributed by atoms with Crippen LogP contribution in [0.25, 0.3) is 0 Å². The van der Waals surface area contributed by atoms with E-state index in [9.17, 15) is 0 Å². The van der Waals surface area contributed by atoms with Crippen molar-refractivity contribution in [2.75, 3.05) is 0 Å². The fraction of sp³-hybridized carbons (Fsp3) is 0.500. The summed E-state index contributed by atoms with van der Waals surface area (Å²) in [6.07, 6.45) is 0. The van der Waals surface area contributed by atoms with Crippen molar-refractivity contribution in [3.05, 3.63) is 10.1 Å². The third kappa shape index (κ3) is 8240. The first-order chi connectivity index (χ1) is 3.15. The molecule has 5 nitrogen and oxygen atoms in total. The van der Waals surface area contributed by atoms with Crippen molar-refractivity contribution < 1.29 is 44.8 Å². The van der Waals surface area contributed by atoms with Gasteiger partial charge in [-0.25, -0.2) is 0 Å². The molecule has 6 heteroatoms. The van der Waals surface area contributed by atoms with E-state index in [0.717, 1.165) is 6.92 Å². The Balaban J connectivity index is -0.0000000575. The minimum atomic E-state index is -1.08. The number of hydrogen-bond acceptors (Lipinski definition) is 4. The van der Waals surface area contributed by atoms with Crippen molar-refractivity contribution in [2.45, 2.75) is 6.92 Å². The first-order valence-electron chi connectivity index (χ1n) is 1.32. The Kier molecular flexibility index (Phi) is 30.9. The van der Waals surface area contributed by atoms with Crippen molar-refractivity contribution in [1.82, 2.24) is 0 Å². The number of aliphatic carboxylic acids is 1. The van der Waals surface area contributed by atoms with Crippen molar-refractivity contribution in [2.24, 2.45) is 0 Å². The Morgan fingerprint density at radius 1 is 1.62 bits per heavy atom. The topological polar surface area (TPSA) is 94.2 Å². The van der Waals surface area contributed by atoms with Crippen molar-refractivity contribution in [1.29, 1.82) is 0 Å². The van der Waals surface area contributed by atoms with E-state index >= 15 is 0 Å². The molecule has 0 aromatic carbocycles. The summed E-state index contributed by atoms with van der Waals surface area (Å²) < 4.78 is 0. The third-order valence-corrected chi connectivity index (χ3v) is 0. The first kappa shape index (κ1) is 15.7. The quantitative estimate of drug-likeness (QED) is 0.200. The monoisotopic (exact) mass is 129 g/mol. The van der Waals surface area contributed by atoms with E-state index < -0.39 is 5.97 Å². The summed E-state index contributed by atoms with van der Waals surface area (Å²) in [6, 6.07) is 0. The Morgan fingerprint density at radius 2 is 1.62 bits per heavy atom. The predicted molar refractivity (Wildman–Crippen MR) is 18.4 cm³/mol. The van der Waals surface area contributed by atoms with Crippen molar-refractivity contribution in [3.63, 3.8) is 0 Å². The smallest absolute Gasteiger partial charge is 0.550 e. The van der Waals surface area contributed by atoms with Gasteiger partial charge in [-0.2, -0.15) is 0 Å². The maximum Gasteiger partial charge on any atom is 1.00 e. The second-order valence-electron chi connectivity index (χ2n) is 0.575. The molecule has 0 radical (unpaired) electrons. The molecule has 0 aliphatic heterocycles. The van der Waals surface area contributed by atoms with E-state index in [0.29, 0.717) is 0 Å². The molecule has 0 aromatic rings. The van der Waals surface area contributed by atoms with Crippen molar-refractivity contribution in [3.8, 4) is 0 Å². The van der Waals surface area contributed by atoms with Gasteiger partial charge in [0.25, 0.3) is 0 Å². The zero-order valence-corrected chi connectivity index (χ0v) is 6.63. The van der Waals surface area contributed by atoms with E-state index in [2.05, 4.69) is 0 Å². The molecule has 0 aromatic heterocycles. The zero-order chi connectivity index (χ0) is 6.28. The van der Waals surface area contributed by atoms with Gasteiger partial charge in [-0.1, -0.05) is 0 Å². The van der Waals surface area contributed by atoms with E-state index in [1.165, 1.54) is 0 Å². The fourth-order valence-corrected chi connectivity index (χ4v) is 0. The maximum atomic E-state index is 8.89. The summed E-state index contributed by atoms with van der Waals surface area (Å²) in [5.41, 5.74) is 0. The summed E-state index contributed by atoms with van der Waals surface area (Å²) >= 11 is 0. The minimum absolute atomic E-state index is 0. The zero-order valence-electron chi connectivity index (χ0n) is 4.63. The predicted octanol–water partition coefficient (Wildman–Crippen LogP) is -5.91. The molecule has 0 rings (SSSR count). The van der Waals surface area contributed by atoms with Crippen LogP contribution in [-0.2, 0) is 4.79 Å². The van der Waals surface area contributed by atoms with Crippen molar-refractivity contribution >= 4 is 5.97 Å². The second-order valence-corrected chi connectivity index (χ2v) is 0.575. The van der Waals surface area contributed by atoms with Gasteiger partial charge >= 0.3 is 29.6 Å². The normalized spacial score (nSPS) is 4.62. The van der Waals surface area contributed by atoms with Crippen LogP contribution in [-0.4, -0.2) is 5.97 Å². The number of nitrogens with one attached hydrogen (secondary N) is 1.